The molecule has 0 aliphatic heterocycles. The number of thioether (sulfide) groups is 1. The van der Waals surface area contributed by atoms with Gasteiger partial charge in [0.15, 0.2) is 9.84 Å². The lowest BCUT2D eigenvalue weighted by atomic mass is 10.2. The number of nitrogen functional groups attached to an aromatic ring is 1. The first-order chi connectivity index (χ1) is 10.7. The van der Waals surface area contributed by atoms with Crippen LogP contribution >= 0.6 is 11.8 Å². The Hall–Kier alpha value is -2.00. The van der Waals surface area contributed by atoms with Gasteiger partial charge in [-0.15, -0.1) is 11.8 Å². The van der Waals surface area contributed by atoms with E-state index >= 15 is 0 Å². The number of benzene rings is 1. The summed E-state index contributed by atoms with van der Waals surface area (Å²) in [6.07, 6.45) is 2.77. The molecule has 1 aromatic heterocycles. The Morgan fingerprint density at radius 1 is 1.35 bits per heavy atom. The van der Waals surface area contributed by atoms with Gasteiger partial charge in [-0.2, -0.15) is 5.10 Å². The van der Waals surface area contributed by atoms with Crippen molar-refractivity contribution in [2.24, 2.45) is 0 Å². The molecule has 124 valence electrons. The summed E-state index contributed by atoms with van der Waals surface area (Å²) in [4.78, 5) is 12.1. The Morgan fingerprint density at radius 3 is 2.43 bits per heavy atom. The molecule has 1 aromatic carbocycles. The summed E-state index contributed by atoms with van der Waals surface area (Å²) < 4.78 is 24.8. The van der Waals surface area contributed by atoms with Gasteiger partial charge in [0.05, 0.1) is 0 Å². The van der Waals surface area contributed by atoms with Crippen molar-refractivity contribution >= 4 is 39.0 Å². The Labute approximate surface area is 139 Å². The first-order valence-corrected chi connectivity index (χ1v) is 9.81. The van der Waals surface area contributed by atoms with E-state index in [4.69, 9.17) is 5.73 Å². The van der Waals surface area contributed by atoms with E-state index in [0.29, 0.717) is 5.69 Å². The van der Waals surface area contributed by atoms with Crippen LogP contribution in [-0.2, 0) is 21.2 Å². The van der Waals surface area contributed by atoms with Gasteiger partial charge in [-0.1, -0.05) is 17.7 Å². The van der Waals surface area contributed by atoms with Crippen LogP contribution in [-0.4, -0.2) is 36.6 Å². The second kappa shape index (κ2) is 6.63. The summed E-state index contributed by atoms with van der Waals surface area (Å²) in [6.45, 7) is 1.79. The van der Waals surface area contributed by atoms with E-state index in [1.807, 2.05) is 19.1 Å². The molecule has 1 heterocycles. The normalized spacial score (nSPS) is 11.4. The summed E-state index contributed by atoms with van der Waals surface area (Å²) >= 11 is 1.17. The number of carbonyl (C=O) groups is 1. The number of nitrogens with two attached hydrogens (primary N) is 1. The van der Waals surface area contributed by atoms with Crippen molar-refractivity contribution < 1.29 is 13.2 Å². The summed E-state index contributed by atoms with van der Waals surface area (Å²) in [5.74, 6) is -0.369. The maximum absolute atomic E-state index is 12.1. The Morgan fingerprint density at radius 2 is 1.96 bits per heavy atom. The minimum Gasteiger partial charge on any atom is -0.383 e. The largest absolute Gasteiger partial charge is 0.383 e. The summed E-state index contributed by atoms with van der Waals surface area (Å²) in [7, 11) is -3.52. The van der Waals surface area contributed by atoms with E-state index in [1.54, 1.807) is 18.4 Å². The number of anilines is 2. The van der Waals surface area contributed by atoms with E-state index in [-0.39, 0.29) is 28.2 Å². The van der Waals surface area contributed by atoms with E-state index in [2.05, 4.69) is 10.4 Å². The minimum absolute atomic E-state index is 0.0316. The number of hydrogen-bond acceptors (Lipinski definition) is 6. The molecule has 0 saturated heterocycles. The molecule has 0 spiro atoms. The minimum atomic E-state index is -3.52. The molecule has 0 radical (unpaired) electrons. The molecule has 0 fully saturated rings. The number of aryl methyl sites for hydroxylation is 1. The third kappa shape index (κ3) is 4.05. The zero-order valence-electron chi connectivity index (χ0n) is 13.0. The highest BCUT2D eigenvalue weighted by molar-refractivity contribution is 7.99. The van der Waals surface area contributed by atoms with Crippen LogP contribution in [0.25, 0.3) is 0 Å². The van der Waals surface area contributed by atoms with Gasteiger partial charge in [-0.05, 0) is 25.3 Å². The summed E-state index contributed by atoms with van der Waals surface area (Å²) in [6, 6.07) is 7.33. The third-order valence-corrected chi connectivity index (χ3v) is 5.06. The number of rotatable bonds is 5. The number of hydrogen-bond donors (Lipinski definition) is 2. The van der Waals surface area contributed by atoms with Crippen LogP contribution in [0.3, 0.4) is 0 Å². The van der Waals surface area contributed by atoms with Gasteiger partial charge in [0.2, 0.25) is 5.91 Å². The van der Waals surface area contributed by atoms with Crippen molar-refractivity contribution in [3.05, 3.63) is 29.8 Å². The predicted molar refractivity (Wildman–Crippen MR) is 91.3 cm³/mol. The number of amides is 1. The zero-order chi connectivity index (χ0) is 17.2. The van der Waals surface area contributed by atoms with E-state index < -0.39 is 9.84 Å². The van der Waals surface area contributed by atoms with Gasteiger partial charge in [-0.3, -0.25) is 4.79 Å². The fourth-order valence-corrected chi connectivity index (χ4v) is 4.03. The van der Waals surface area contributed by atoms with Crippen LogP contribution in [0, 0.1) is 6.92 Å². The lowest BCUT2D eigenvalue weighted by Gasteiger charge is -2.07. The fourth-order valence-electron chi connectivity index (χ4n) is 2.01. The Kier molecular flexibility index (Phi) is 5.00. The molecule has 0 atom stereocenters. The molecule has 3 N–H and O–H groups in total. The highest BCUT2D eigenvalue weighted by Crippen LogP contribution is 2.29. The first-order valence-electron chi connectivity index (χ1n) is 6.69. The third-order valence-electron chi connectivity index (χ3n) is 3.11. The molecule has 0 aliphatic rings. The second-order valence-corrected chi connectivity index (χ2v) is 7.82. The maximum Gasteiger partial charge on any atom is 0.246 e. The van der Waals surface area contributed by atoms with Crippen molar-refractivity contribution in [2.45, 2.75) is 23.4 Å². The van der Waals surface area contributed by atoms with Crippen molar-refractivity contribution in [1.82, 2.24) is 9.78 Å². The van der Waals surface area contributed by atoms with Crippen LogP contribution in [0.2, 0.25) is 0 Å². The number of sulfone groups is 1. The number of nitrogens with one attached hydrogen (secondary N) is 1. The van der Waals surface area contributed by atoms with Crippen molar-refractivity contribution in [3.8, 4) is 0 Å². The molecule has 0 aliphatic carbocycles. The quantitative estimate of drug-likeness (QED) is 0.789. The number of nitrogens with zero attached hydrogens (tertiary/aromatic N) is 2. The maximum atomic E-state index is 12.1. The van der Waals surface area contributed by atoms with E-state index in [1.165, 1.54) is 16.4 Å². The van der Waals surface area contributed by atoms with Crippen LogP contribution < -0.4 is 11.1 Å². The summed E-state index contributed by atoms with van der Waals surface area (Å²) in [5.41, 5.74) is 7.59. The van der Waals surface area contributed by atoms with Crippen molar-refractivity contribution in [2.75, 3.05) is 23.6 Å². The Balaban J connectivity index is 2.21. The number of carbonyl (C=O) groups excluding carboxylic acids is 1. The highest BCUT2D eigenvalue weighted by Gasteiger charge is 2.24. The van der Waals surface area contributed by atoms with Crippen molar-refractivity contribution in [1.29, 1.82) is 0 Å². The molecule has 1 amide bonds. The lowest BCUT2D eigenvalue weighted by Crippen LogP contribution is -2.20. The van der Waals surface area contributed by atoms with Crippen LogP contribution in [0.5, 0.6) is 0 Å². The molecular weight excluding hydrogens is 336 g/mol. The molecule has 0 bridgehead atoms. The van der Waals surface area contributed by atoms with Crippen LogP contribution in [0.15, 0.2) is 34.2 Å². The topological polar surface area (TPSA) is 107 Å². The van der Waals surface area contributed by atoms with Gasteiger partial charge in [0.25, 0.3) is 0 Å². The monoisotopic (exact) mass is 354 g/mol. The van der Waals surface area contributed by atoms with Crippen molar-refractivity contribution in [3.63, 3.8) is 0 Å². The molecule has 2 aromatic rings. The van der Waals surface area contributed by atoms with Gasteiger partial charge >= 0.3 is 0 Å². The smallest absolute Gasteiger partial charge is 0.246 e. The van der Waals surface area contributed by atoms with Gasteiger partial charge in [0.1, 0.15) is 22.3 Å². The Bertz CT molecular complexity index is 826. The van der Waals surface area contributed by atoms with Crippen LogP contribution in [0.1, 0.15) is 5.56 Å². The van der Waals surface area contributed by atoms with E-state index in [0.717, 1.165) is 11.8 Å². The SMILES string of the molecule is CSc1nn(CC(=O)Nc2ccc(C)cc2)c(N)c1S(C)(=O)=O. The average Bonchev–Trinajstić information content (AvgIpc) is 2.77. The van der Waals surface area contributed by atoms with Gasteiger partial charge in [0, 0.05) is 11.9 Å². The highest BCUT2D eigenvalue weighted by atomic mass is 32.2. The fraction of sp³-hybridized carbons (Fsp3) is 0.286. The van der Waals surface area contributed by atoms with Crippen LogP contribution in [0.4, 0.5) is 11.5 Å². The average molecular weight is 354 g/mol. The van der Waals surface area contributed by atoms with E-state index in [9.17, 15) is 13.2 Å². The first kappa shape index (κ1) is 17.4. The second-order valence-electron chi connectivity index (χ2n) is 5.07. The molecular formula is C14H18N4O3S2. The molecule has 9 heteroatoms. The predicted octanol–water partition coefficient (Wildman–Crippen LogP) is 1.54. The zero-order valence-corrected chi connectivity index (χ0v) is 14.7. The van der Waals surface area contributed by atoms with Gasteiger partial charge in [-0.25, -0.2) is 13.1 Å². The standard InChI is InChI=1S/C14H18N4O3S2/c1-9-4-6-10(7-5-9)16-11(19)8-18-13(15)12(23(3,20)21)14(17-18)22-2/h4-7H,8,15H2,1-3H3,(H,16,19). The summed E-state index contributed by atoms with van der Waals surface area (Å²) in [5, 5.41) is 7.11. The van der Waals surface area contributed by atoms with Gasteiger partial charge < -0.3 is 11.1 Å². The molecule has 23 heavy (non-hydrogen) atoms. The molecule has 0 saturated carbocycles. The lowest BCUT2D eigenvalue weighted by molar-refractivity contribution is -0.116. The molecule has 7 nitrogen and oxygen atoms in total. The molecule has 2 rings (SSSR count). The molecule has 0 unspecified atom stereocenters. The number of aromatic nitrogens is 2.